The Bertz CT molecular complexity index is 723. The van der Waals surface area contributed by atoms with Gasteiger partial charge in [0, 0.05) is 30.8 Å². The molecular formula is C18H23N5O2. The predicted octanol–water partition coefficient (Wildman–Crippen LogP) is 2.96. The lowest BCUT2D eigenvalue weighted by atomic mass is 9.98. The Morgan fingerprint density at radius 3 is 2.76 bits per heavy atom. The van der Waals surface area contributed by atoms with Crippen LogP contribution in [-0.4, -0.2) is 29.0 Å². The van der Waals surface area contributed by atoms with Gasteiger partial charge in [-0.25, -0.2) is 4.98 Å². The summed E-state index contributed by atoms with van der Waals surface area (Å²) in [4.78, 5) is 15.4. The Morgan fingerprint density at radius 1 is 1.28 bits per heavy atom. The molecule has 1 fully saturated rings. The molecule has 2 unspecified atom stereocenters. The van der Waals surface area contributed by atoms with E-state index < -0.39 is 0 Å². The highest BCUT2D eigenvalue weighted by atomic mass is 16.6. The topological polar surface area (TPSA) is 92.1 Å². The van der Waals surface area contributed by atoms with Gasteiger partial charge in [-0.15, -0.1) is 0 Å². The molecule has 0 bridgehead atoms. The molecule has 0 radical (unpaired) electrons. The van der Waals surface area contributed by atoms with E-state index in [0.717, 1.165) is 31.5 Å². The molecule has 7 nitrogen and oxygen atoms in total. The predicted molar refractivity (Wildman–Crippen MR) is 98.1 cm³/mol. The van der Waals surface area contributed by atoms with Crippen molar-refractivity contribution in [2.24, 2.45) is 5.92 Å². The number of nitrogens with one attached hydrogen (secondary N) is 3. The highest BCUT2D eigenvalue weighted by Crippen LogP contribution is 2.29. The number of anilines is 1. The molecule has 2 heterocycles. The largest absolute Gasteiger partial charge is 0.370 e. The molecule has 1 aromatic carbocycles. The first-order chi connectivity index (χ1) is 12.1. The summed E-state index contributed by atoms with van der Waals surface area (Å²) in [6.07, 6.45) is 2.14. The highest BCUT2D eigenvalue weighted by Gasteiger charge is 2.22. The zero-order valence-corrected chi connectivity index (χ0v) is 14.2. The van der Waals surface area contributed by atoms with Gasteiger partial charge in [-0.1, -0.05) is 30.3 Å². The van der Waals surface area contributed by atoms with Gasteiger partial charge in [0.05, 0.1) is 4.92 Å². The second kappa shape index (κ2) is 8.04. The highest BCUT2D eigenvalue weighted by molar-refractivity contribution is 5.71. The van der Waals surface area contributed by atoms with Crippen LogP contribution in [0.3, 0.4) is 0 Å². The summed E-state index contributed by atoms with van der Waals surface area (Å²) in [5.41, 5.74) is 7.56. The SMILES string of the molecule is CC1NNCC1CCCNc1ccc([N+](=O)[O-])c(-c2ccccc2)n1. The van der Waals surface area contributed by atoms with Gasteiger partial charge in [-0.3, -0.25) is 21.0 Å². The molecule has 7 heteroatoms. The van der Waals surface area contributed by atoms with E-state index in [-0.39, 0.29) is 10.6 Å². The molecule has 3 rings (SSSR count). The molecule has 1 aromatic heterocycles. The van der Waals surface area contributed by atoms with Gasteiger partial charge in [-0.05, 0) is 31.7 Å². The van der Waals surface area contributed by atoms with Crippen LogP contribution < -0.4 is 16.2 Å². The van der Waals surface area contributed by atoms with Crippen molar-refractivity contribution in [1.29, 1.82) is 0 Å². The fourth-order valence-corrected chi connectivity index (χ4v) is 3.08. The first-order valence-electron chi connectivity index (χ1n) is 8.58. The van der Waals surface area contributed by atoms with Crippen molar-refractivity contribution in [3.63, 3.8) is 0 Å². The van der Waals surface area contributed by atoms with Crippen LogP contribution in [0.25, 0.3) is 11.3 Å². The van der Waals surface area contributed by atoms with Gasteiger partial charge in [0.2, 0.25) is 0 Å². The van der Waals surface area contributed by atoms with Crippen molar-refractivity contribution >= 4 is 11.5 Å². The third-order valence-corrected chi connectivity index (χ3v) is 4.58. The van der Waals surface area contributed by atoms with Crippen LogP contribution in [0.15, 0.2) is 42.5 Å². The number of nitrogens with zero attached hydrogens (tertiary/aromatic N) is 2. The molecule has 0 amide bonds. The van der Waals surface area contributed by atoms with E-state index >= 15 is 0 Å². The number of pyridine rings is 1. The molecular weight excluding hydrogens is 318 g/mol. The molecule has 3 N–H and O–H groups in total. The summed E-state index contributed by atoms with van der Waals surface area (Å²) in [5, 5.41) is 14.6. The van der Waals surface area contributed by atoms with Crippen LogP contribution >= 0.6 is 0 Å². The number of hydrogen-bond acceptors (Lipinski definition) is 6. The molecule has 1 aliphatic heterocycles. The maximum absolute atomic E-state index is 11.3. The van der Waals surface area contributed by atoms with Crippen LogP contribution in [0.4, 0.5) is 11.5 Å². The number of hydrogen-bond donors (Lipinski definition) is 3. The van der Waals surface area contributed by atoms with Crippen LogP contribution in [0.2, 0.25) is 0 Å². The van der Waals surface area contributed by atoms with Crippen LogP contribution in [0.1, 0.15) is 19.8 Å². The van der Waals surface area contributed by atoms with Gasteiger partial charge in [0.15, 0.2) is 5.69 Å². The minimum atomic E-state index is -0.388. The third kappa shape index (κ3) is 4.32. The molecule has 2 aromatic rings. The minimum absolute atomic E-state index is 0.0219. The molecule has 132 valence electrons. The van der Waals surface area contributed by atoms with E-state index in [1.807, 2.05) is 30.3 Å². The molecule has 0 spiro atoms. The summed E-state index contributed by atoms with van der Waals surface area (Å²) in [6.45, 7) is 3.97. The number of rotatable bonds is 7. The van der Waals surface area contributed by atoms with Gasteiger partial charge >= 0.3 is 0 Å². The molecule has 2 atom stereocenters. The van der Waals surface area contributed by atoms with Crippen molar-refractivity contribution in [2.75, 3.05) is 18.4 Å². The lowest BCUT2D eigenvalue weighted by molar-refractivity contribution is -0.384. The average Bonchev–Trinajstić information content (AvgIpc) is 3.04. The van der Waals surface area contributed by atoms with E-state index in [1.165, 1.54) is 6.07 Å². The third-order valence-electron chi connectivity index (χ3n) is 4.58. The molecule has 25 heavy (non-hydrogen) atoms. The van der Waals surface area contributed by atoms with E-state index in [2.05, 4.69) is 28.1 Å². The minimum Gasteiger partial charge on any atom is -0.370 e. The fourth-order valence-electron chi connectivity index (χ4n) is 3.08. The second-order valence-corrected chi connectivity index (χ2v) is 6.33. The van der Waals surface area contributed by atoms with Gasteiger partial charge in [0.25, 0.3) is 5.69 Å². The summed E-state index contributed by atoms with van der Waals surface area (Å²) in [5.74, 6) is 1.30. The number of aromatic nitrogens is 1. The average molecular weight is 341 g/mol. The van der Waals surface area contributed by atoms with Crippen molar-refractivity contribution in [3.05, 3.63) is 52.6 Å². The standard InChI is InChI=1S/C18H23N5O2/c1-13-15(12-20-22-13)8-5-11-19-17-10-9-16(23(24)25)18(21-17)14-6-3-2-4-7-14/h2-4,6-7,9-10,13,15,20,22H,5,8,11-12H2,1H3,(H,19,21). The van der Waals surface area contributed by atoms with E-state index in [1.54, 1.807) is 6.07 Å². The number of nitro groups is 1. The van der Waals surface area contributed by atoms with Crippen molar-refractivity contribution in [1.82, 2.24) is 15.8 Å². The lowest BCUT2D eigenvalue weighted by Gasteiger charge is -2.14. The summed E-state index contributed by atoms with van der Waals surface area (Å²) >= 11 is 0. The number of benzene rings is 1. The first-order valence-corrected chi connectivity index (χ1v) is 8.58. The van der Waals surface area contributed by atoms with E-state index in [9.17, 15) is 10.1 Å². The van der Waals surface area contributed by atoms with Crippen molar-refractivity contribution in [2.45, 2.75) is 25.8 Å². The Hall–Kier alpha value is -2.51. The van der Waals surface area contributed by atoms with Crippen molar-refractivity contribution < 1.29 is 4.92 Å². The maximum atomic E-state index is 11.3. The summed E-state index contributed by atoms with van der Waals surface area (Å²) < 4.78 is 0. The summed E-state index contributed by atoms with van der Waals surface area (Å²) in [7, 11) is 0. The Balaban J connectivity index is 1.65. The molecule has 1 saturated heterocycles. The van der Waals surface area contributed by atoms with Crippen LogP contribution in [0, 0.1) is 16.0 Å². The molecule has 0 saturated carbocycles. The van der Waals surface area contributed by atoms with Gasteiger partial charge in [0.1, 0.15) is 5.82 Å². The van der Waals surface area contributed by atoms with E-state index in [0.29, 0.717) is 23.5 Å². The van der Waals surface area contributed by atoms with Crippen LogP contribution in [-0.2, 0) is 0 Å². The van der Waals surface area contributed by atoms with Crippen LogP contribution in [0.5, 0.6) is 0 Å². The smallest absolute Gasteiger partial charge is 0.295 e. The first kappa shape index (κ1) is 17.3. The fraction of sp³-hybridized carbons (Fsp3) is 0.389. The normalized spacial score (nSPS) is 19.7. The van der Waals surface area contributed by atoms with E-state index in [4.69, 9.17) is 0 Å². The van der Waals surface area contributed by atoms with Gasteiger partial charge in [-0.2, -0.15) is 0 Å². The summed E-state index contributed by atoms with van der Waals surface area (Å²) in [6, 6.07) is 12.9. The quantitative estimate of drug-likeness (QED) is 0.407. The Morgan fingerprint density at radius 2 is 2.08 bits per heavy atom. The molecule has 1 aliphatic rings. The zero-order valence-electron chi connectivity index (χ0n) is 14.2. The Labute approximate surface area is 147 Å². The number of hydrazine groups is 1. The second-order valence-electron chi connectivity index (χ2n) is 6.33. The maximum Gasteiger partial charge on any atom is 0.295 e. The molecule has 0 aliphatic carbocycles. The van der Waals surface area contributed by atoms with Gasteiger partial charge < -0.3 is 5.32 Å². The zero-order chi connectivity index (χ0) is 17.6. The van der Waals surface area contributed by atoms with Crippen molar-refractivity contribution in [3.8, 4) is 11.3 Å². The monoisotopic (exact) mass is 341 g/mol. The lowest BCUT2D eigenvalue weighted by Crippen LogP contribution is -2.28. The Kier molecular flexibility index (Phi) is 5.57.